The summed E-state index contributed by atoms with van der Waals surface area (Å²) in [4.78, 5) is 23.4. The van der Waals surface area contributed by atoms with Gasteiger partial charge in [-0.3, -0.25) is 4.79 Å². The molecule has 7 heteroatoms. The molecule has 140 valence electrons. The van der Waals surface area contributed by atoms with Crippen molar-refractivity contribution in [3.63, 3.8) is 0 Å². The van der Waals surface area contributed by atoms with Gasteiger partial charge in [0, 0.05) is 24.8 Å². The minimum absolute atomic E-state index is 0.195. The molecule has 0 radical (unpaired) electrons. The predicted molar refractivity (Wildman–Crippen MR) is 104 cm³/mol. The highest BCUT2D eigenvalue weighted by atomic mass is 16.7. The van der Waals surface area contributed by atoms with Gasteiger partial charge in [-0.2, -0.15) is 0 Å². The van der Waals surface area contributed by atoms with Crippen LogP contribution in [-0.2, 0) is 13.0 Å². The number of ether oxygens (including phenoxy) is 2. The van der Waals surface area contributed by atoms with Gasteiger partial charge in [-0.05, 0) is 29.7 Å². The fourth-order valence-corrected chi connectivity index (χ4v) is 3.46. The Balaban J connectivity index is 1.28. The topological polar surface area (TPSA) is 76.6 Å². The second-order valence-corrected chi connectivity index (χ2v) is 6.72. The number of aromatic nitrogens is 2. The summed E-state index contributed by atoms with van der Waals surface area (Å²) in [5.74, 6) is 1.74. The third kappa shape index (κ3) is 3.11. The molecule has 0 saturated heterocycles. The summed E-state index contributed by atoms with van der Waals surface area (Å²) in [5, 5.41) is 2.81. The number of nitrogens with zero attached hydrogens (tertiary/aromatic N) is 3. The summed E-state index contributed by atoms with van der Waals surface area (Å²) in [5.41, 5.74) is 3.57. The van der Waals surface area contributed by atoms with Crippen molar-refractivity contribution >= 4 is 17.4 Å². The highest BCUT2D eigenvalue weighted by molar-refractivity contribution is 6.02. The van der Waals surface area contributed by atoms with Crippen molar-refractivity contribution in [1.29, 1.82) is 0 Å². The second-order valence-electron chi connectivity index (χ2n) is 6.72. The monoisotopic (exact) mass is 374 g/mol. The van der Waals surface area contributed by atoms with Crippen molar-refractivity contribution in [2.24, 2.45) is 0 Å². The van der Waals surface area contributed by atoms with Gasteiger partial charge in [-0.15, -0.1) is 0 Å². The lowest BCUT2D eigenvalue weighted by molar-refractivity contribution is 0.102. The summed E-state index contributed by atoms with van der Waals surface area (Å²) < 4.78 is 10.6. The number of fused-ring (bicyclic) bond motifs is 2. The van der Waals surface area contributed by atoms with Crippen LogP contribution in [0.25, 0.3) is 0 Å². The molecule has 2 aromatic carbocycles. The van der Waals surface area contributed by atoms with Crippen molar-refractivity contribution in [3.8, 4) is 11.5 Å². The van der Waals surface area contributed by atoms with E-state index in [1.54, 1.807) is 24.4 Å². The zero-order valence-electron chi connectivity index (χ0n) is 15.1. The maximum atomic E-state index is 12.5. The van der Waals surface area contributed by atoms with Crippen molar-refractivity contribution in [2.45, 2.75) is 13.0 Å². The smallest absolute Gasteiger partial charge is 0.275 e. The minimum atomic E-state index is -0.318. The van der Waals surface area contributed by atoms with E-state index in [1.165, 1.54) is 17.3 Å². The molecular weight excluding hydrogens is 356 g/mol. The zero-order chi connectivity index (χ0) is 18.9. The molecule has 0 saturated carbocycles. The van der Waals surface area contributed by atoms with Crippen LogP contribution in [-0.4, -0.2) is 29.2 Å². The fourth-order valence-electron chi connectivity index (χ4n) is 3.46. The third-order valence-electron chi connectivity index (χ3n) is 4.96. The quantitative estimate of drug-likeness (QED) is 0.759. The van der Waals surface area contributed by atoms with E-state index in [9.17, 15) is 4.79 Å². The van der Waals surface area contributed by atoms with Crippen LogP contribution < -0.4 is 19.7 Å². The van der Waals surface area contributed by atoms with Crippen LogP contribution in [0.5, 0.6) is 11.5 Å². The number of carbonyl (C=O) groups excluding carboxylic acids is 1. The van der Waals surface area contributed by atoms with Crippen LogP contribution in [0.1, 0.15) is 21.6 Å². The van der Waals surface area contributed by atoms with E-state index in [0.29, 0.717) is 17.2 Å². The maximum absolute atomic E-state index is 12.5. The van der Waals surface area contributed by atoms with Gasteiger partial charge in [0.25, 0.3) is 5.91 Å². The average Bonchev–Trinajstić information content (AvgIpc) is 3.21. The van der Waals surface area contributed by atoms with E-state index in [2.05, 4.69) is 44.5 Å². The molecule has 2 aliphatic heterocycles. The van der Waals surface area contributed by atoms with Gasteiger partial charge >= 0.3 is 0 Å². The highest BCUT2D eigenvalue weighted by Crippen LogP contribution is 2.34. The summed E-state index contributed by atoms with van der Waals surface area (Å²) >= 11 is 0. The molecule has 0 fully saturated rings. The number of hydrogen-bond donors (Lipinski definition) is 1. The molecule has 3 aromatic rings. The highest BCUT2D eigenvalue weighted by Gasteiger charge is 2.19. The molecule has 1 aromatic heterocycles. The summed E-state index contributed by atoms with van der Waals surface area (Å²) in [6.07, 6.45) is 4.14. The number of carbonyl (C=O) groups is 1. The molecule has 7 nitrogen and oxygen atoms in total. The van der Waals surface area contributed by atoms with E-state index in [0.717, 1.165) is 25.3 Å². The Bertz CT molecular complexity index is 1040. The van der Waals surface area contributed by atoms with Gasteiger partial charge in [0.1, 0.15) is 11.5 Å². The maximum Gasteiger partial charge on any atom is 0.275 e. The molecule has 2 aliphatic rings. The van der Waals surface area contributed by atoms with Gasteiger partial charge in [-0.1, -0.05) is 24.3 Å². The first-order valence-corrected chi connectivity index (χ1v) is 9.11. The number of rotatable bonds is 3. The Kier molecular flexibility index (Phi) is 4.05. The first kappa shape index (κ1) is 16.6. The van der Waals surface area contributed by atoms with E-state index in [-0.39, 0.29) is 18.4 Å². The van der Waals surface area contributed by atoms with Crippen LogP contribution in [0.4, 0.5) is 11.5 Å². The lowest BCUT2D eigenvalue weighted by atomic mass is 10.0. The second kappa shape index (κ2) is 6.84. The number of benzene rings is 2. The molecule has 0 aliphatic carbocycles. The van der Waals surface area contributed by atoms with Crippen LogP contribution in [0.2, 0.25) is 0 Å². The van der Waals surface area contributed by atoms with Gasteiger partial charge in [0.2, 0.25) is 6.79 Å². The minimum Gasteiger partial charge on any atom is -0.454 e. The largest absolute Gasteiger partial charge is 0.454 e. The molecule has 3 heterocycles. The molecule has 28 heavy (non-hydrogen) atoms. The number of hydrogen-bond acceptors (Lipinski definition) is 6. The van der Waals surface area contributed by atoms with Crippen molar-refractivity contribution in [2.75, 3.05) is 23.6 Å². The summed E-state index contributed by atoms with van der Waals surface area (Å²) in [6.45, 7) is 1.88. The van der Waals surface area contributed by atoms with E-state index < -0.39 is 0 Å². The van der Waals surface area contributed by atoms with E-state index in [1.807, 2.05) is 0 Å². The SMILES string of the molecule is O=C(Nc1ccc2c(c1)OCO2)c1cnc(N2CCc3ccccc3C2)cn1. The molecular formula is C21H18N4O3. The van der Waals surface area contributed by atoms with Crippen LogP contribution in [0.15, 0.2) is 54.9 Å². The Morgan fingerprint density at radius 2 is 1.86 bits per heavy atom. The molecule has 0 bridgehead atoms. The Morgan fingerprint density at radius 3 is 2.71 bits per heavy atom. The Labute approximate surface area is 161 Å². The average molecular weight is 374 g/mol. The Hall–Kier alpha value is -3.61. The summed E-state index contributed by atoms with van der Waals surface area (Å²) in [7, 11) is 0. The fraction of sp³-hybridized carbons (Fsp3) is 0.190. The lowest BCUT2D eigenvalue weighted by Gasteiger charge is -2.29. The zero-order valence-corrected chi connectivity index (χ0v) is 15.1. The van der Waals surface area contributed by atoms with Crippen LogP contribution >= 0.6 is 0 Å². The Morgan fingerprint density at radius 1 is 1.00 bits per heavy atom. The predicted octanol–water partition coefficient (Wildman–Crippen LogP) is 3.02. The van der Waals surface area contributed by atoms with Crippen molar-refractivity contribution < 1.29 is 14.3 Å². The molecule has 1 amide bonds. The van der Waals surface area contributed by atoms with Gasteiger partial charge in [-0.25, -0.2) is 9.97 Å². The molecule has 0 spiro atoms. The number of amides is 1. The number of nitrogens with one attached hydrogen (secondary N) is 1. The van der Waals surface area contributed by atoms with Crippen LogP contribution in [0.3, 0.4) is 0 Å². The molecule has 0 unspecified atom stereocenters. The van der Waals surface area contributed by atoms with E-state index in [4.69, 9.17) is 9.47 Å². The van der Waals surface area contributed by atoms with Crippen molar-refractivity contribution in [1.82, 2.24) is 9.97 Å². The van der Waals surface area contributed by atoms with Gasteiger partial charge in [0.15, 0.2) is 11.5 Å². The third-order valence-corrected chi connectivity index (χ3v) is 4.96. The number of anilines is 2. The standard InChI is InChI=1S/C21H18N4O3/c26-21(24-16-5-6-18-19(9-16)28-13-27-18)17-10-23-20(11-22-17)25-8-7-14-3-1-2-4-15(14)12-25/h1-6,9-11H,7-8,12-13H2,(H,24,26). The first-order valence-electron chi connectivity index (χ1n) is 9.11. The normalized spacial score (nSPS) is 14.5. The van der Waals surface area contributed by atoms with Crippen molar-refractivity contribution in [3.05, 3.63) is 71.7 Å². The van der Waals surface area contributed by atoms with Crippen LogP contribution in [0, 0.1) is 0 Å². The lowest BCUT2D eigenvalue weighted by Crippen LogP contribution is -2.31. The molecule has 1 N–H and O–H groups in total. The molecule has 0 atom stereocenters. The first-order chi connectivity index (χ1) is 13.8. The van der Waals surface area contributed by atoms with Gasteiger partial charge in [0.05, 0.1) is 12.4 Å². The summed E-state index contributed by atoms with van der Waals surface area (Å²) in [6, 6.07) is 13.7. The van der Waals surface area contributed by atoms with Gasteiger partial charge < -0.3 is 19.7 Å². The molecule has 5 rings (SSSR count). The van der Waals surface area contributed by atoms with E-state index >= 15 is 0 Å².